The van der Waals surface area contributed by atoms with Crippen LogP contribution in [0.5, 0.6) is 0 Å². The number of H-pyrrole nitrogens is 1. The first-order valence-corrected chi connectivity index (χ1v) is 7.13. The van der Waals surface area contributed by atoms with Crippen molar-refractivity contribution < 1.29 is 0 Å². The Kier molecular flexibility index (Phi) is 3.40. The molecule has 3 heterocycles. The number of nitrogen functional groups attached to an aromatic ring is 1. The lowest BCUT2D eigenvalue weighted by Gasteiger charge is -2.06. The van der Waals surface area contributed by atoms with E-state index in [1.807, 2.05) is 19.1 Å². The van der Waals surface area contributed by atoms with Crippen molar-refractivity contribution in [2.24, 2.45) is 0 Å². The molecule has 0 fully saturated rings. The molecule has 0 radical (unpaired) electrons. The molecular formula is C14H14BrN5. The van der Waals surface area contributed by atoms with Gasteiger partial charge in [-0.1, -0.05) is 0 Å². The van der Waals surface area contributed by atoms with Crippen LogP contribution in [0.2, 0.25) is 0 Å². The highest BCUT2D eigenvalue weighted by Gasteiger charge is 2.09. The first-order chi connectivity index (χ1) is 9.65. The fourth-order valence-electron chi connectivity index (χ4n) is 2.22. The minimum absolute atomic E-state index is 0.598. The Labute approximate surface area is 124 Å². The molecule has 0 amide bonds. The SMILES string of the molecule is Cc1ccnc(N)c1CCc1nc2c(Br)ccnc2[nH]1. The minimum atomic E-state index is 0.598. The number of nitrogens with zero attached hydrogens (tertiary/aromatic N) is 3. The molecule has 0 aliphatic rings. The van der Waals surface area contributed by atoms with Gasteiger partial charge in [0.25, 0.3) is 0 Å². The zero-order chi connectivity index (χ0) is 14.1. The van der Waals surface area contributed by atoms with E-state index in [4.69, 9.17) is 5.73 Å². The van der Waals surface area contributed by atoms with E-state index in [2.05, 4.69) is 35.9 Å². The first-order valence-electron chi connectivity index (χ1n) is 6.34. The summed E-state index contributed by atoms with van der Waals surface area (Å²) in [4.78, 5) is 16.2. The van der Waals surface area contributed by atoms with Crippen molar-refractivity contribution in [3.63, 3.8) is 0 Å². The van der Waals surface area contributed by atoms with E-state index in [0.717, 1.165) is 45.4 Å². The minimum Gasteiger partial charge on any atom is -0.383 e. The van der Waals surface area contributed by atoms with Gasteiger partial charge in [-0.25, -0.2) is 15.0 Å². The summed E-state index contributed by atoms with van der Waals surface area (Å²) < 4.78 is 0.946. The quantitative estimate of drug-likeness (QED) is 0.773. The van der Waals surface area contributed by atoms with E-state index in [1.165, 1.54) is 0 Å². The van der Waals surface area contributed by atoms with Crippen LogP contribution < -0.4 is 5.73 Å². The molecule has 0 bridgehead atoms. The highest BCUT2D eigenvalue weighted by atomic mass is 79.9. The number of anilines is 1. The van der Waals surface area contributed by atoms with E-state index in [0.29, 0.717) is 5.82 Å². The highest BCUT2D eigenvalue weighted by molar-refractivity contribution is 9.10. The Balaban J connectivity index is 1.85. The van der Waals surface area contributed by atoms with Crippen LogP contribution in [-0.2, 0) is 12.8 Å². The molecule has 3 aromatic rings. The Morgan fingerprint density at radius 1 is 1.20 bits per heavy atom. The van der Waals surface area contributed by atoms with Gasteiger partial charge in [0.15, 0.2) is 5.65 Å². The number of aryl methyl sites for hydroxylation is 2. The maximum atomic E-state index is 5.92. The third-order valence-corrected chi connectivity index (χ3v) is 3.96. The summed E-state index contributed by atoms with van der Waals surface area (Å²) in [6, 6.07) is 3.86. The summed E-state index contributed by atoms with van der Waals surface area (Å²) >= 11 is 3.48. The molecule has 0 saturated heterocycles. The molecule has 0 aromatic carbocycles. The largest absolute Gasteiger partial charge is 0.383 e. The smallest absolute Gasteiger partial charge is 0.158 e. The Morgan fingerprint density at radius 3 is 2.75 bits per heavy atom. The normalized spacial score (nSPS) is 11.1. The van der Waals surface area contributed by atoms with Gasteiger partial charge in [0, 0.05) is 23.3 Å². The predicted molar refractivity (Wildman–Crippen MR) is 82.4 cm³/mol. The Hall–Kier alpha value is -1.95. The highest BCUT2D eigenvalue weighted by Crippen LogP contribution is 2.21. The summed E-state index contributed by atoms with van der Waals surface area (Å²) in [6.45, 7) is 2.05. The van der Waals surface area contributed by atoms with Crippen LogP contribution in [0, 0.1) is 6.92 Å². The van der Waals surface area contributed by atoms with Gasteiger partial charge >= 0.3 is 0 Å². The topological polar surface area (TPSA) is 80.5 Å². The zero-order valence-corrected chi connectivity index (χ0v) is 12.6. The van der Waals surface area contributed by atoms with Crippen molar-refractivity contribution in [2.75, 3.05) is 5.73 Å². The van der Waals surface area contributed by atoms with Crippen LogP contribution in [0.3, 0.4) is 0 Å². The third-order valence-electron chi connectivity index (χ3n) is 3.32. The number of aromatic nitrogens is 4. The van der Waals surface area contributed by atoms with E-state index in [1.54, 1.807) is 12.4 Å². The van der Waals surface area contributed by atoms with Crippen molar-refractivity contribution in [1.29, 1.82) is 0 Å². The molecule has 20 heavy (non-hydrogen) atoms. The molecule has 3 aromatic heterocycles. The molecule has 5 nitrogen and oxygen atoms in total. The van der Waals surface area contributed by atoms with Crippen molar-refractivity contribution in [1.82, 2.24) is 19.9 Å². The second kappa shape index (κ2) is 5.20. The summed E-state index contributed by atoms with van der Waals surface area (Å²) in [5.74, 6) is 1.50. The van der Waals surface area contributed by atoms with E-state index in [9.17, 15) is 0 Å². The molecule has 6 heteroatoms. The van der Waals surface area contributed by atoms with Gasteiger partial charge in [-0.3, -0.25) is 0 Å². The second-order valence-electron chi connectivity index (χ2n) is 4.67. The number of aromatic amines is 1. The fourth-order valence-corrected chi connectivity index (χ4v) is 2.62. The van der Waals surface area contributed by atoms with Crippen molar-refractivity contribution in [2.45, 2.75) is 19.8 Å². The lowest BCUT2D eigenvalue weighted by Crippen LogP contribution is -2.02. The second-order valence-corrected chi connectivity index (χ2v) is 5.52. The number of halogens is 1. The van der Waals surface area contributed by atoms with Crippen LogP contribution in [-0.4, -0.2) is 19.9 Å². The average Bonchev–Trinajstić information content (AvgIpc) is 2.83. The molecule has 0 aliphatic heterocycles. The molecule has 0 atom stereocenters. The van der Waals surface area contributed by atoms with Gasteiger partial charge in [-0.15, -0.1) is 0 Å². The molecule has 3 N–H and O–H groups in total. The number of imidazole rings is 1. The maximum Gasteiger partial charge on any atom is 0.158 e. The van der Waals surface area contributed by atoms with Crippen LogP contribution in [0.1, 0.15) is 17.0 Å². The van der Waals surface area contributed by atoms with Crippen LogP contribution in [0.25, 0.3) is 11.2 Å². The molecule has 102 valence electrons. The summed E-state index contributed by atoms with van der Waals surface area (Å²) in [5, 5.41) is 0. The number of hydrogen-bond donors (Lipinski definition) is 2. The number of rotatable bonds is 3. The zero-order valence-electron chi connectivity index (χ0n) is 11.0. The number of nitrogens with two attached hydrogens (primary N) is 1. The molecular weight excluding hydrogens is 318 g/mol. The van der Waals surface area contributed by atoms with Gasteiger partial charge in [0.1, 0.15) is 17.2 Å². The Morgan fingerprint density at radius 2 is 2.00 bits per heavy atom. The monoisotopic (exact) mass is 331 g/mol. The van der Waals surface area contributed by atoms with Gasteiger partial charge in [0.05, 0.1) is 0 Å². The lowest BCUT2D eigenvalue weighted by atomic mass is 10.1. The molecule has 3 rings (SSSR count). The van der Waals surface area contributed by atoms with Gasteiger partial charge < -0.3 is 10.7 Å². The third kappa shape index (κ3) is 2.38. The van der Waals surface area contributed by atoms with Crippen LogP contribution in [0.15, 0.2) is 29.0 Å². The van der Waals surface area contributed by atoms with Gasteiger partial charge in [0.2, 0.25) is 0 Å². The number of pyridine rings is 2. The molecule has 0 aliphatic carbocycles. The number of hydrogen-bond acceptors (Lipinski definition) is 4. The van der Waals surface area contributed by atoms with Crippen LogP contribution in [0.4, 0.5) is 5.82 Å². The summed E-state index contributed by atoms with van der Waals surface area (Å²) in [6.07, 6.45) is 5.07. The van der Waals surface area contributed by atoms with Crippen molar-refractivity contribution in [3.8, 4) is 0 Å². The van der Waals surface area contributed by atoms with E-state index < -0.39 is 0 Å². The van der Waals surface area contributed by atoms with Gasteiger partial charge in [-0.2, -0.15) is 0 Å². The molecule has 0 saturated carbocycles. The average molecular weight is 332 g/mol. The maximum absolute atomic E-state index is 5.92. The van der Waals surface area contributed by atoms with Crippen molar-refractivity contribution >= 4 is 32.9 Å². The summed E-state index contributed by atoms with van der Waals surface area (Å²) in [5.41, 5.74) is 9.82. The first kappa shape index (κ1) is 13.1. The summed E-state index contributed by atoms with van der Waals surface area (Å²) in [7, 11) is 0. The predicted octanol–water partition coefficient (Wildman–Crippen LogP) is 2.79. The van der Waals surface area contributed by atoms with Crippen molar-refractivity contribution in [3.05, 3.63) is 46.0 Å². The van der Waals surface area contributed by atoms with E-state index in [-0.39, 0.29) is 0 Å². The Bertz CT molecular complexity index is 745. The number of nitrogens with one attached hydrogen (secondary N) is 1. The lowest BCUT2D eigenvalue weighted by molar-refractivity contribution is 0.879. The molecule has 0 spiro atoms. The van der Waals surface area contributed by atoms with E-state index >= 15 is 0 Å². The standard InChI is InChI=1S/C14H14BrN5/c1-8-4-6-17-13(16)9(8)2-3-11-19-12-10(15)5-7-18-14(12)20-11/h4-7H,2-3H2,1H3,(H2,16,17)(H,18,19,20). The van der Waals surface area contributed by atoms with Crippen LogP contribution >= 0.6 is 15.9 Å². The fraction of sp³-hybridized carbons (Fsp3) is 0.214. The van der Waals surface area contributed by atoms with Gasteiger partial charge in [-0.05, 0) is 52.5 Å². The number of fused-ring (bicyclic) bond motifs is 1. The molecule has 0 unspecified atom stereocenters.